The average Bonchev–Trinajstić information content (AvgIpc) is 2.68. The Hall–Kier alpha value is -2.84. The normalized spacial score (nSPS) is 11.6. The number of fused-ring (bicyclic) bond motifs is 1. The van der Waals surface area contributed by atoms with Crippen molar-refractivity contribution in [2.24, 2.45) is 0 Å². The number of benzene rings is 2. The lowest BCUT2D eigenvalue weighted by molar-refractivity contribution is -0.146. The van der Waals surface area contributed by atoms with Crippen LogP contribution in [-0.2, 0) is 19.1 Å². The lowest BCUT2D eigenvalue weighted by Crippen LogP contribution is -2.46. The highest BCUT2D eigenvalue weighted by Gasteiger charge is 2.30. The standard InChI is InChI=1S/C22H25NO4/c1-5-13-26-15-20(24)23(17(4)22(25)27-14-6-2)21-16(3)11-12-18-9-7-8-10-19(18)21/h1,7-12,17H,6,13-15H2,2-4H3/t17-/m0/s1. The molecule has 1 amide bonds. The van der Waals surface area contributed by atoms with Crippen LogP contribution in [0.2, 0.25) is 0 Å². The molecule has 0 unspecified atom stereocenters. The van der Waals surface area contributed by atoms with Crippen LogP contribution < -0.4 is 4.90 Å². The van der Waals surface area contributed by atoms with E-state index in [1.54, 1.807) is 6.92 Å². The summed E-state index contributed by atoms with van der Waals surface area (Å²) in [6, 6.07) is 10.9. The molecule has 2 aromatic carbocycles. The lowest BCUT2D eigenvalue weighted by Gasteiger charge is -2.30. The molecule has 0 aromatic heterocycles. The van der Waals surface area contributed by atoms with Crippen molar-refractivity contribution in [1.82, 2.24) is 0 Å². The van der Waals surface area contributed by atoms with E-state index in [0.29, 0.717) is 18.7 Å². The lowest BCUT2D eigenvalue weighted by atomic mass is 10.0. The zero-order valence-corrected chi connectivity index (χ0v) is 16.0. The molecule has 2 aromatic rings. The van der Waals surface area contributed by atoms with E-state index in [4.69, 9.17) is 15.9 Å². The summed E-state index contributed by atoms with van der Waals surface area (Å²) in [7, 11) is 0. The van der Waals surface area contributed by atoms with Crippen molar-refractivity contribution < 1.29 is 19.1 Å². The van der Waals surface area contributed by atoms with E-state index < -0.39 is 12.0 Å². The minimum atomic E-state index is -0.789. The summed E-state index contributed by atoms with van der Waals surface area (Å²) in [4.78, 5) is 26.9. The molecule has 0 fully saturated rings. The molecular weight excluding hydrogens is 342 g/mol. The second-order valence-electron chi connectivity index (χ2n) is 6.26. The Kier molecular flexibility index (Phi) is 7.39. The highest BCUT2D eigenvalue weighted by Crippen LogP contribution is 2.32. The number of ether oxygens (including phenoxy) is 2. The van der Waals surface area contributed by atoms with Crippen molar-refractivity contribution in [3.05, 3.63) is 42.0 Å². The molecule has 0 saturated heterocycles. The van der Waals surface area contributed by atoms with E-state index in [0.717, 1.165) is 16.3 Å². The van der Waals surface area contributed by atoms with Crippen LogP contribution in [0.4, 0.5) is 5.69 Å². The summed E-state index contributed by atoms with van der Waals surface area (Å²) >= 11 is 0. The number of nitrogens with zero attached hydrogens (tertiary/aromatic N) is 1. The third kappa shape index (κ3) is 4.87. The van der Waals surface area contributed by atoms with Crippen molar-refractivity contribution in [1.29, 1.82) is 0 Å². The Bertz CT molecular complexity index is 853. The second-order valence-corrected chi connectivity index (χ2v) is 6.26. The first-order valence-electron chi connectivity index (χ1n) is 8.99. The highest BCUT2D eigenvalue weighted by molar-refractivity contribution is 6.08. The van der Waals surface area contributed by atoms with Gasteiger partial charge in [0.1, 0.15) is 19.3 Å². The average molecular weight is 367 g/mol. The Balaban J connectivity index is 2.49. The van der Waals surface area contributed by atoms with E-state index >= 15 is 0 Å². The van der Waals surface area contributed by atoms with Gasteiger partial charge in [0.2, 0.25) is 0 Å². The first-order valence-corrected chi connectivity index (χ1v) is 8.99. The largest absolute Gasteiger partial charge is 0.464 e. The van der Waals surface area contributed by atoms with E-state index in [9.17, 15) is 9.59 Å². The molecule has 0 aliphatic rings. The summed E-state index contributed by atoms with van der Waals surface area (Å²) < 4.78 is 10.5. The smallest absolute Gasteiger partial charge is 0.328 e. The van der Waals surface area contributed by atoms with Crippen molar-refractivity contribution in [3.8, 4) is 12.3 Å². The Morgan fingerprint density at radius 2 is 1.96 bits per heavy atom. The fourth-order valence-electron chi connectivity index (χ4n) is 2.91. The molecule has 5 heteroatoms. The molecule has 142 valence electrons. The van der Waals surface area contributed by atoms with Crippen LogP contribution in [-0.4, -0.2) is 37.7 Å². The van der Waals surface area contributed by atoms with Crippen molar-refractivity contribution >= 4 is 28.3 Å². The Morgan fingerprint density at radius 1 is 1.22 bits per heavy atom. The molecule has 0 spiro atoms. The summed E-state index contributed by atoms with van der Waals surface area (Å²) in [6.45, 7) is 5.63. The number of esters is 1. The molecule has 0 heterocycles. The van der Waals surface area contributed by atoms with Gasteiger partial charge in [-0.15, -0.1) is 6.42 Å². The number of carbonyl (C=O) groups excluding carboxylic acids is 2. The van der Waals surface area contributed by atoms with Gasteiger partial charge in [0.05, 0.1) is 12.3 Å². The number of terminal acetylenes is 1. The SMILES string of the molecule is C#CCOCC(=O)N(c1c(C)ccc2ccccc12)[C@@H](C)C(=O)OCCC. The van der Waals surface area contributed by atoms with E-state index in [1.807, 2.05) is 50.2 Å². The number of anilines is 1. The molecule has 0 N–H and O–H groups in total. The number of hydrogen-bond donors (Lipinski definition) is 0. The van der Waals surface area contributed by atoms with Crippen LogP contribution >= 0.6 is 0 Å². The number of aryl methyl sites for hydroxylation is 1. The summed E-state index contributed by atoms with van der Waals surface area (Å²) in [6.07, 6.45) is 5.90. The van der Waals surface area contributed by atoms with Gasteiger partial charge in [-0.3, -0.25) is 9.69 Å². The monoisotopic (exact) mass is 367 g/mol. The van der Waals surface area contributed by atoms with E-state index in [-0.39, 0.29) is 19.1 Å². The third-order valence-corrected chi connectivity index (χ3v) is 4.20. The molecule has 5 nitrogen and oxygen atoms in total. The Morgan fingerprint density at radius 3 is 2.67 bits per heavy atom. The molecule has 0 saturated carbocycles. The van der Waals surface area contributed by atoms with Gasteiger partial charge in [-0.25, -0.2) is 4.79 Å². The van der Waals surface area contributed by atoms with Crippen LogP contribution in [0.1, 0.15) is 25.8 Å². The summed E-state index contributed by atoms with van der Waals surface area (Å²) in [5, 5.41) is 1.87. The van der Waals surface area contributed by atoms with Gasteiger partial charge in [0.15, 0.2) is 0 Å². The molecule has 0 radical (unpaired) electrons. The van der Waals surface area contributed by atoms with Gasteiger partial charge in [-0.1, -0.05) is 49.2 Å². The molecule has 2 rings (SSSR count). The minimum Gasteiger partial charge on any atom is -0.464 e. The quantitative estimate of drug-likeness (QED) is 0.407. The van der Waals surface area contributed by atoms with Crippen molar-refractivity contribution in [3.63, 3.8) is 0 Å². The van der Waals surface area contributed by atoms with Crippen LogP contribution in [0.3, 0.4) is 0 Å². The summed E-state index contributed by atoms with van der Waals surface area (Å²) in [5.74, 6) is 1.55. The molecule has 0 aliphatic carbocycles. The minimum absolute atomic E-state index is 0.0305. The summed E-state index contributed by atoms with van der Waals surface area (Å²) in [5.41, 5.74) is 1.57. The van der Waals surface area contributed by atoms with Crippen LogP contribution in [0.5, 0.6) is 0 Å². The number of rotatable bonds is 8. The van der Waals surface area contributed by atoms with Gasteiger partial charge < -0.3 is 9.47 Å². The van der Waals surface area contributed by atoms with Crippen LogP contribution in [0.15, 0.2) is 36.4 Å². The van der Waals surface area contributed by atoms with Crippen LogP contribution in [0.25, 0.3) is 10.8 Å². The fourth-order valence-corrected chi connectivity index (χ4v) is 2.91. The van der Waals surface area contributed by atoms with Gasteiger partial charge in [-0.2, -0.15) is 0 Å². The molecule has 0 aliphatic heterocycles. The Labute approximate surface area is 160 Å². The third-order valence-electron chi connectivity index (χ3n) is 4.20. The van der Waals surface area contributed by atoms with Crippen molar-refractivity contribution in [2.75, 3.05) is 24.7 Å². The molecule has 27 heavy (non-hydrogen) atoms. The highest BCUT2D eigenvalue weighted by atomic mass is 16.5. The number of carbonyl (C=O) groups is 2. The zero-order chi connectivity index (χ0) is 19.8. The maximum atomic E-state index is 13.0. The first-order chi connectivity index (χ1) is 13.0. The molecule has 0 bridgehead atoms. The maximum Gasteiger partial charge on any atom is 0.328 e. The first kappa shape index (κ1) is 20.5. The number of hydrogen-bond acceptors (Lipinski definition) is 4. The van der Waals surface area contributed by atoms with E-state index in [1.165, 1.54) is 4.90 Å². The number of amides is 1. The molecule has 1 atom stereocenters. The van der Waals surface area contributed by atoms with Gasteiger partial charge in [0.25, 0.3) is 5.91 Å². The fraction of sp³-hybridized carbons (Fsp3) is 0.364. The predicted octanol–water partition coefficient (Wildman–Crippen LogP) is 3.47. The van der Waals surface area contributed by atoms with Crippen molar-refractivity contribution in [2.45, 2.75) is 33.2 Å². The van der Waals surface area contributed by atoms with Gasteiger partial charge in [0, 0.05) is 5.39 Å². The van der Waals surface area contributed by atoms with Gasteiger partial charge in [-0.05, 0) is 31.2 Å². The van der Waals surface area contributed by atoms with Gasteiger partial charge >= 0.3 is 5.97 Å². The molecular formula is C22H25NO4. The zero-order valence-electron chi connectivity index (χ0n) is 16.0. The predicted molar refractivity (Wildman–Crippen MR) is 107 cm³/mol. The maximum absolute atomic E-state index is 13.0. The van der Waals surface area contributed by atoms with Crippen LogP contribution in [0, 0.1) is 19.3 Å². The van der Waals surface area contributed by atoms with E-state index in [2.05, 4.69) is 5.92 Å². The second kappa shape index (κ2) is 9.75. The topological polar surface area (TPSA) is 55.8 Å².